The molecule has 1 aliphatic heterocycles. The van der Waals surface area contributed by atoms with Crippen molar-refractivity contribution >= 4 is 17.0 Å². The van der Waals surface area contributed by atoms with Crippen LogP contribution in [-0.4, -0.2) is 59.3 Å². The third-order valence-corrected chi connectivity index (χ3v) is 3.44. The average Bonchev–Trinajstić information content (AvgIpc) is 2.94. The number of anilines is 1. The van der Waals surface area contributed by atoms with E-state index < -0.39 is 36.0 Å². The van der Waals surface area contributed by atoms with E-state index in [4.69, 9.17) is 10.8 Å². The minimum Gasteiger partial charge on any atom is -0.393 e. The number of nitrogen functional groups attached to an aromatic ring is 1. The lowest BCUT2D eigenvalue weighted by atomic mass is 10.0. The maximum atomic E-state index is 14.9. The highest BCUT2D eigenvalue weighted by molar-refractivity contribution is 5.81. The van der Waals surface area contributed by atoms with E-state index in [1.807, 2.05) is 0 Å². The molecule has 22 heavy (non-hydrogen) atoms. The highest BCUT2D eigenvalue weighted by Gasteiger charge is 2.79. The number of halogens is 3. The molecule has 1 aliphatic rings. The Kier molecular flexibility index (Phi) is 2.88. The van der Waals surface area contributed by atoms with E-state index in [2.05, 4.69) is 19.7 Å². The quantitative estimate of drug-likeness (QED) is 0.535. The van der Waals surface area contributed by atoms with Crippen molar-refractivity contribution in [2.45, 2.75) is 23.8 Å². The number of fused-ring (bicyclic) bond motifs is 1. The van der Waals surface area contributed by atoms with Gasteiger partial charge in [-0.15, -0.1) is 0 Å². The first-order chi connectivity index (χ1) is 10.2. The molecule has 0 bridgehead atoms. The lowest BCUT2D eigenvalue weighted by molar-refractivity contribution is -0.353. The van der Waals surface area contributed by atoms with E-state index in [0.29, 0.717) is 6.33 Å². The normalized spacial score (nSPS) is 38.7. The lowest BCUT2D eigenvalue weighted by Crippen LogP contribution is -2.58. The number of aliphatic hydroxyl groups is 3. The van der Waals surface area contributed by atoms with Crippen molar-refractivity contribution in [3.8, 4) is 0 Å². The van der Waals surface area contributed by atoms with Gasteiger partial charge in [0.25, 0.3) is 0 Å². The Morgan fingerprint density at radius 2 is 1.95 bits per heavy atom. The second kappa shape index (κ2) is 4.25. The van der Waals surface area contributed by atoms with Crippen molar-refractivity contribution in [1.29, 1.82) is 0 Å². The van der Waals surface area contributed by atoms with Gasteiger partial charge in [0.2, 0.25) is 0 Å². The van der Waals surface area contributed by atoms with Crippen molar-refractivity contribution in [2.75, 3.05) is 12.3 Å². The number of hydrogen-bond donors (Lipinski definition) is 4. The molecule has 0 aromatic carbocycles. The van der Waals surface area contributed by atoms with Crippen LogP contribution in [0.3, 0.4) is 0 Å². The fourth-order valence-electron chi connectivity index (χ4n) is 2.21. The molecule has 1 fully saturated rings. The second-order valence-electron chi connectivity index (χ2n) is 4.69. The Bertz CT molecular complexity index is 738. The van der Waals surface area contributed by atoms with Crippen LogP contribution in [-0.2, 0) is 10.7 Å². The third-order valence-electron chi connectivity index (χ3n) is 3.44. The summed E-state index contributed by atoms with van der Waals surface area (Å²) in [6.07, 6.45) is -0.851. The molecule has 0 unspecified atom stereocenters. The monoisotopic (exact) mass is 321 g/mol. The van der Waals surface area contributed by atoms with Gasteiger partial charge >= 0.3 is 17.7 Å². The fourth-order valence-corrected chi connectivity index (χ4v) is 2.21. The van der Waals surface area contributed by atoms with Gasteiger partial charge in [0.15, 0.2) is 17.6 Å². The Labute approximate surface area is 119 Å². The smallest absolute Gasteiger partial charge is 0.362 e. The summed E-state index contributed by atoms with van der Waals surface area (Å²) in [4.78, 5) is 10.8. The van der Waals surface area contributed by atoms with Gasteiger partial charge in [-0.3, -0.25) is 4.57 Å². The van der Waals surface area contributed by atoms with Crippen molar-refractivity contribution in [3.05, 3.63) is 12.7 Å². The van der Waals surface area contributed by atoms with Gasteiger partial charge in [0.1, 0.15) is 18.2 Å². The molecule has 120 valence electrons. The predicted molar refractivity (Wildman–Crippen MR) is 62.9 cm³/mol. The van der Waals surface area contributed by atoms with Gasteiger partial charge in [-0.05, 0) is 0 Å². The highest BCUT2D eigenvalue weighted by Crippen LogP contribution is 2.53. The summed E-state index contributed by atoms with van der Waals surface area (Å²) >= 11 is 0. The topological polar surface area (TPSA) is 140 Å². The number of hydrogen-bond acceptors (Lipinski definition) is 8. The molecule has 0 aliphatic carbocycles. The molecule has 2 aromatic rings. The Morgan fingerprint density at radius 3 is 2.55 bits per heavy atom. The fraction of sp³-hybridized carbons (Fsp3) is 0.500. The lowest BCUT2D eigenvalue weighted by Gasteiger charge is -2.30. The maximum absolute atomic E-state index is 14.9. The number of nitrogens with zero attached hydrogens (tertiary/aromatic N) is 4. The number of nitrogens with two attached hydrogens (primary N) is 1. The van der Waals surface area contributed by atoms with Gasteiger partial charge in [0.05, 0.1) is 6.61 Å². The van der Waals surface area contributed by atoms with Gasteiger partial charge < -0.3 is 25.8 Å². The van der Waals surface area contributed by atoms with Crippen LogP contribution in [0.15, 0.2) is 12.7 Å². The van der Waals surface area contributed by atoms with Crippen molar-refractivity contribution in [2.24, 2.45) is 0 Å². The molecule has 0 radical (unpaired) electrons. The first-order valence-corrected chi connectivity index (χ1v) is 5.91. The molecule has 0 spiro atoms. The minimum absolute atomic E-state index is 0.159. The molecule has 3 heterocycles. The zero-order valence-electron chi connectivity index (χ0n) is 10.7. The predicted octanol–water partition coefficient (Wildman–Crippen LogP) is -1.30. The van der Waals surface area contributed by atoms with E-state index in [0.717, 1.165) is 6.33 Å². The largest absolute Gasteiger partial charge is 0.393 e. The molecular weight excluding hydrogens is 311 g/mol. The van der Waals surface area contributed by atoms with E-state index in [1.165, 1.54) is 0 Å². The van der Waals surface area contributed by atoms with E-state index in [9.17, 15) is 23.4 Å². The van der Waals surface area contributed by atoms with Crippen LogP contribution >= 0.6 is 0 Å². The molecule has 4 atom stereocenters. The van der Waals surface area contributed by atoms with Crippen LogP contribution in [0.1, 0.15) is 0 Å². The summed E-state index contributed by atoms with van der Waals surface area (Å²) in [5.74, 6) is -12.9. The second-order valence-corrected chi connectivity index (χ2v) is 4.69. The molecule has 5 N–H and O–H groups in total. The molecular formula is C10H10F3N5O4. The molecule has 2 aromatic heterocycles. The SMILES string of the molecule is Nc1ncnc2c1ncn2[C@]1(F)O[C@H](CO)[C@](O)(F)[C@]1(O)F. The van der Waals surface area contributed by atoms with Gasteiger partial charge in [-0.1, -0.05) is 0 Å². The first-order valence-electron chi connectivity index (χ1n) is 5.91. The van der Waals surface area contributed by atoms with Crippen LogP contribution in [0.2, 0.25) is 0 Å². The summed E-state index contributed by atoms with van der Waals surface area (Å²) in [6.45, 7) is -1.30. The van der Waals surface area contributed by atoms with Crippen LogP contribution in [0, 0.1) is 0 Å². The maximum Gasteiger partial charge on any atom is 0.362 e. The summed E-state index contributed by atoms with van der Waals surface area (Å²) in [5.41, 5.74) is 4.90. The number of aromatic nitrogens is 4. The van der Waals surface area contributed by atoms with Crippen molar-refractivity contribution < 1.29 is 33.2 Å². The summed E-state index contributed by atoms with van der Waals surface area (Å²) in [6, 6.07) is 0. The number of alkyl halides is 3. The first kappa shape index (κ1) is 14.9. The Hall–Kier alpha value is -2.02. The van der Waals surface area contributed by atoms with Crippen LogP contribution in [0.25, 0.3) is 11.2 Å². The molecule has 0 saturated carbocycles. The molecule has 0 amide bonds. The highest BCUT2D eigenvalue weighted by atomic mass is 19.2. The number of ether oxygens (including phenoxy) is 1. The summed E-state index contributed by atoms with van der Waals surface area (Å²) in [5, 5.41) is 27.7. The Morgan fingerprint density at radius 1 is 1.27 bits per heavy atom. The van der Waals surface area contributed by atoms with Crippen LogP contribution in [0.4, 0.5) is 19.0 Å². The van der Waals surface area contributed by atoms with E-state index in [1.54, 1.807) is 0 Å². The average molecular weight is 321 g/mol. The van der Waals surface area contributed by atoms with Gasteiger partial charge in [-0.2, -0.15) is 8.78 Å². The number of rotatable bonds is 2. The molecule has 12 heteroatoms. The van der Waals surface area contributed by atoms with Gasteiger partial charge in [-0.25, -0.2) is 19.3 Å². The zero-order chi connectivity index (χ0) is 16.3. The van der Waals surface area contributed by atoms with E-state index >= 15 is 0 Å². The summed E-state index contributed by atoms with van der Waals surface area (Å²) in [7, 11) is 0. The zero-order valence-corrected chi connectivity index (χ0v) is 10.7. The van der Waals surface area contributed by atoms with Crippen molar-refractivity contribution in [3.63, 3.8) is 0 Å². The van der Waals surface area contributed by atoms with E-state index in [-0.39, 0.29) is 15.9 Å². The van der Waals surface area contributed by atoms with Gasteiger partial charge in [0, 0.05) is 0 Å². The van der Waals surface area contributed by atoms with Crippen LogP contribution < -0.4 is 5.73 Å². The summed E-state index contributed by atoms with van der Waals surface area (Å²) < 4.78 is 47.7. The molecule has 9 nitrogen and oxygen atoms in total. The molecule has 3 rings (SSSR count). The molecule has 1 saturated heterocycles. The number of aliphatic hydroxyl groups excluding tert-OH is 1. The minimum atomic E-state index is -4.55. The van der Waals surface area contributed by atoms with Crippen LogP contribution in [0.5, 0.6) is 0 Å². The Balaban J connectivity index is 2.23. The number of imidazole rings is 1. The van der Waals surface area contributed by atoms with Crippen molar-refractivity contribution in [1.82, 2.24) is 19.5 Å². The standard InChI is InChI=1S/C10H10F3N5O4/c11-8(20)4(1-19)22-10(13,9(8,12)21)18-3-17-5-6(14)15-2-16-7(5)18/h2-4,19-21H,1H2,(H2,14,15,16)/t4-,8-,9-,10+/m1/s1. The third kappa shape index (κ3) is 1.54.